The van der Waals surface area contributed by atoms with Gasteiger partial charge in [0, 0.05) is 26.8 Å². The smallest absolute Gasteiger partial charge is 0.289 e. The maximum absolute atomic E-state index is 12.6. The summed E-state index contributed by atoms with van der Waals surface area (Å²) in [6.45, 7) is 3.63. The summed E-state index contributed by atoms with van der Waals surface area (Å²) < 4.78 is 7.56. The number of imidazole rings is 1. The van der Waals surface area contributed by atoms with Gasteiger partial charge >= 0.3 is 0 Å². The standard InChI is InChI=1S/C18H26N4O2/c1-13-7-8-16(24-13)18(23)21(3)11-14-6-5-9-20(2)17(14)15-10-19-12-22(15)4/h7-8,10,12,14,17H,5-6,9,11H2,1-4H3/t14-,17+/m0/s1. The molecule has 2 atom stereocenters. The van der Waals surface area contributed by atoms with Crippen molar-refractivity contribution in [2.75, 3.05) is 27.2 Å². The highest BCUT2D eigenvalue weighted by Crippen LogP contribution is 2.35. The second kappa shape index (κ2) is 6.81. The zero-order chi connectivity index (χ0) is 17.3. The highest BCUT2D eigenvalue weighted by atomic mass is 16.3. The second-order valence-electron chi connectivity index (χ2n) is 6.85. The van der Waals surface area contributed by atoms with Gasteiger partial charge in [-0.05, 0) is 51.4 Å². The van der Waals surface area contributed by atoms with Crippen LogP contribution in [0.3, 0.4) is 0 Å². The van der Waals surface area contributed by atoms with Gasteiger partial charge < -0.3 is 13.9 Å². The number of furan rings is 1. The fraction of sp³-hybridized carbons (Fsp3) is 0.556. The number of aromatic nitrogens is 2. The van der Waals surface area contributed by atoms with Crippen LogP contribution in [-0.4, -0.2) is 52.4 Å². The van der Waals surface area contributed by atoms with E-state index in [0.717, 1.165) is 25.1 Å². The van der Waals surface area contributed by atoms with Crippen molar-refractivity contribution in [3.63, 3.8) is 0 Å². The van der Waals surface area contributed by atoms with Crippen molar-refractivity contribution in [2.24, 2.45) is 13.0 Å². The third-order valence-corrected chi connectivity index (χ3v) is 4.97. The van der Waals surface area contributed by atoms with Crippen molar-refractivity contribution >= 4 is 5.91 Å². The third kappa shape index (κ3) is 3.24. The van der Waals surface area contributed by atoms with Gasteiger partial charge in [0.15, 0.2) is 5.76 Å². The molecule has 6 heteroatoms. The normalized spacial score (nSPS) is 21.8. The first kappa shape index (κ1) is 16.8. The van der Waals surface area contributed by atoms with Crippen molar-refractivity contribution < 1.29 is 9.21 Å². The van der Waals surface area contributed by atoms with Crippen LogP contribution in [0.25, 0.3) is 0 Å². The van der Waals surface area contributed by atoms with Gasteiger partial charge in [-0.15, -0.1) is 0 Å². The number of carbonyl (C=O) groups is 1. The lowest BCUT2D eigenvalue weighted by molar-refractivity contribution is 0.0606. The van der Waals surface area contributed by atoms with Gasteiger partial charge in [-0.25, -0.2) is 4.98 Å². The fourth-order valence-electron chi connectivity index (χ4n) is 3.74. The number of aryl methyl sites for hydroxylation is 2. The van der Waals surface area contributed by atoms with Crippen LogP contribution in [0, 0.1) is 12.8 Å². The molecule has 0 radical (unpaired) electrons. The van der Waals surface area contributed by atoms with E-state index < -0.39 is 0 Å². The van der Waals surface area contributed by atoms with E-state index in [-0.39, 0.29) is 11.9 Å². The van der Waals surface area contributed by atoms with Crippen LogP contribution < -0.4 is 0 Å². The van der Waals surface area contributed by atoms with Crippen LogP contribution >= 0.6 is 0 Å². The van der Waals surface area contributed by atoms with E-state index in [1.54, 1.807) is 11.0 Å². The lowest BCUT2D eigenvalue weighted by Gasteiger charge is -2.40. The number of amides is 1. The van der Waals surface area contributed by atoms with E-state index in [2.05, 4.69) is 21.5 Å². The predicted octanol–water partition coefficient (Wildman–Crippen LogP) is 2.48. The summed E-state index contributed by atoms with van der Waals surface area (Å²) in [6, 6.07) is 3.85. The highest BCUT2D eigenvalue weighted by Gasteiger charge is 2.34. The molecule has 1 aliphatic heterocycles. The van der Waals surface area contributed by atoms with Crippen molar-refractivity contribution in [3.05, 3.63) is 41.9 Å². The lowest BCUT2D eigenvalue weighted by atomic mass is 9.87. The quantitative estimate of drug-likeness (QED) is 0.864. The third-order valence-electron chi connectivity index (χ3n) is 4.97. The van der Waals surface area contributed by atoms with Gasteiger partial charge in [0.1, 0.15) is 5.76 Å². The van der Waals surface area contributed by atoms with E-state index in [1.165, 1.54) is 5.69 Å². The molecule has 1 amide bonds. The van der Waals surface area contributed by atoms with Gasteiger partial charge in [0.05, 0.1) is 18.1 Å². The zero-order valence-corrected chi connectivity index (χ0v) is 14.9. The van der Waals surface area contributed by atoms with Gasteiger partial charge in [-0.2, -0.15) is 0 Å². The van der Waals surface area contributed by atoms with E-state index in [9.17, 15) is 4.79 Å². The number of likely N-dealkylation sites (tertiary alicyclic amines) is 1. The van der Waals surface area contributed by atoms with Crippen molar-refractivity contribution in [1.29, 1.82) is 0 Å². The Bertz CT molecular complexity index is 705. The van der Waals surface area contributed by atoms with E-state index in [4.69, 9.17) is 4.42 Å². The number of nitrogens with zero attached hydrogens (tertiary/aromatic N) is 4. The summed E-state index contributed by atoms with van der Waals surface area (Å²) in [5.41, 5.74) is 1.21. The molecule has 6 nitrogen and oxygen atoms in total. The minimum absolute atomic E-state index is 0.0555. The Morgan fingerprint density at radius 1 is 1.42 bits per heavy atom. The molecule has 0 N–H and O–H groups in total. The first-order valence-corrected chi connectivity index (χ1v) is 8.45. The molecule has 0 bridgehead atoms. The Labute approximate surface area is 143 Å². The molecule has 0 unspecified atom stereocenters. The van der Waals surface area contributed by atoms with Crippen molar-refractivity contribution in [1.82, 2.24) is 19.4 Å². The molecular weight excluding hydrogens is 304 g/mol. The Balaban J connectivity index is 1.76. The molecular formula is C18H26N4O2. The topological polar surface area (TPSA) is 54.5 Å². The molecule has 2 aromatic rings. The van der Waals surface area contributed by atoms with Gasteiger partial charge in [0.25, 0.3) is 5.91 Å². The molecule has 3 heterocycles. The number of carbonyl (C=O) groups excluding carboxylic acids is 1. The summed E-state index contributed by atoms with van der Waals surface area (Å²) in [7, 11) is 6.04. The summed E-state index contributed by atoms with van der Waals surface area (Å²) in [5, 5.41) is 0. The fourth-order valence-corrected chi connectivity index (χ4v) is 3.74. The number of piperidine rings is 1. The molecule has 1 fully saturated rings. The van der Waals surface area contributed by atoms with Gasteiger partial charge in [-0.3, -0.25) is 9.69 Å². The van der Waals surface area contributed by atoms with Gasteiger partial charge in [-0.1, -0.05) is 0 Å². The summed E-state index contributed by atoms with van der Waals surface area (Å²) in [4.78, 5) is 21.0. The van der Waals surface area contributed by atoms with Crippen LogP contribution in [0.1, 0.15) is 40.9 Å². The number of hydrogen-bond donors (Lipinski definition) is 0. The minimum atomic E-state index is -0.0555. The Morgan fingerprint density at radius 2 is 2.21 bits per heavy atom. The zero-order valence-electron chi connectivity index (χ0n) is 14.9. The summed E-state index contributed by atoms with van der Waals surface area (Å²) >= 11 is 0. The van der Waals surface area contributed by atoms with E-state index in [0.29, 0.717) is 18.2 Å². The summed E-state index contributed by atoms with van der Waals surface area (Å²) in [5.74, 6) is 1.50. The van der Waals surface area contributed by atoms with Crippen molar-refractivity contribution in [2.45, 2.75) is 25.8 Å². The van der Waals surface area contributed by atoms with E-state index >= 15 is 0 Å². The van der Waals surface area contributed by atoms with Crippen LogP contribution in [0.2, 0.25) is 0 Å². The molecule has 24 heavy (non-hydrogen) atoms. The van der Waals surface area contributed by atoms with Crippen molar-refractivity contribution in [3.8, 4) is 0 Å². The molecule has 0 aromatic carbocycles. The van der Waals surface area contributed by atoms with Gasteiger partial charge in [0.2, 0.25) is 0 Å². The van der Waals surface area contributed by atoms with E-state index in [1.807, 2.05) is 39.6 Å². The minimum Gasteiger partial charge on any atom is -0.456 e. The Kier molecular flexibility index (Phi) is 4.76. The number of hydrogen-bond acceptors (Lipinski definition) is 4. The number of rotatable bonds is 4. The average molecular weight is 330 g/mol. The SMILES string of the molecule is Cc1ccc(C(=O)N(C)C[C@@H]2CCCN(C)[C@H]2c2cncn2C)o1. The lowest BCUT2D eigenvalue weighted by Crippen LogP contribution is -2.43. The molecule has 0 saturated carbocycles. The molecule has 3 rings (SSSR count). The highest BCUT2D eigenvalue weighted by molar-refractivity contribution is 5.91. The monoisotopic (exact) mass is 330 g/mol. The summed E-state index contributed by atoms with van der Waals surface area (Å²) in [6.07, 6.45) is 6.04. The van der Waals surface area contributed by atoms with Crippen LogP contribution in [0.4, 0.5) is 0 Å². The molecule has 1 saturated heterocycles. The average Bonchev–Trinajstić information content (AvgIpc) is 3.15. The second-order valence-corrected chi connectivity index (χ2v) is 6.85. The van der Waals surface area contributed by atoms with Crippen LogP contribution in [0.15, 0.2) is 29.1 Å². The molecule has 0 aliphatic carbocycles. The Morgan fingerprint density at radius 3 is 2.83 bits per heavy atom. The predicted molar refractivity (Wildman–Crippen MR) is 91.7 cm³/mol. The maximum atomic E-state index is 12.6. The largest absolute Gasteiger partial charge is 0.456 e. The van der Waals surface area contributed by atoms with Crippen LogP contribution in [-0.2, 0) is 7.05 Å². The molecule has 130 valence electrons. The first-order chi connectivity index (χ1) is 11.5. The van der Waals surface area contributed by atoms with Crippen LogP contribution in [0.5, 0.6) is 0 Å². The molecule has 2 aromatic heterocycles. The Hall–Kier alpha value is -2.08. The maximum Gasteiger partial charge on any atom is 0.289 e. The first-order valence-electron chi connectivity index (χ1n) is 8.45. The molecule has 1 aliphatic rings. The molecule has 0 spiro atoms.